The summed E-state index contributed by atoms with van der Waals surface area (Å²) in [6, 6.07) is 13.9. The Labute approximate surface area is 148 Å². The number of carbonyl (C=O) groups excluding carboxylic acids is 1. The molecule has 0 aromatic heterocycles. The Morgan fingerprint density at radius 1 is 1.04 bits per heavy atom. The molecule has 1 aliphatic rings. The van der Waals surface area contributed by atoms with E-state index >= 15 is 0 Å². The maximum Gasteiger partial charge on any atom is 0.261 e. The standard InChI is InChI=1S/C19H22N2O3S/c1-14(2)15-9-11-16(12-10-15)25(23,24)20-17-6-3-4-7-18(17)21-13-5-8-19(21)22/h3-4,6-7,9-12,14,20H,5,8,13H2,1-2H3. The zero-order valence-electron chi connectivity index (χ0n) is 14.4. The predicted octanol–water partition coefficient (Wildman–Crippen LogP) is 3.74. The van der Waals surface area contributed by atoms with Crippen molar-refractivity contribution in [3.05, 3.63) is 54.1 Å². The summed E-state index contributed by atoms with van der Waals surface area (Å²) in [4.78, 5) is 13.9. The van der Waals surface area contributed by atoms with Crippen LogP contribution in [0.4, 0.5) is 11.4 Å². The molecule has 1 aliphatic heterocycles. The lowest BCUT2D eigenvalue weighted by Crippen LogP contribution is -2.25. The second-order valence-electron chi connectivity index (χ2n) is 6.50. The minimum Gasteiger partial charge on any atom is -0.310 e. The number of amides is 1. The highest BCUT2D eigenvalue weighted by atomic mass is 32.2. The summed E-state index contributed by atoms with van der Waals surface area (Å²) in [5.41, 5.74) is 2.11. The SMILES string of the molecule is CC(C)c1ccc(S(=O)(=O)Nc2ccccc2N2CCCC2=O)cc1. The second-order valence-corrected chi connectivity index (χ2v) is 8.18. The molecule has 3 rings (SSSR count). The minimum atomic E-state index is -3.71. The highest BCUT2D eigenvalue weighted by Crippen LogP contribution is 2.31. The van der Waals surface area contributed by atoms with Crippen molar-refractivity contribution in [3.8, 4) is 0 Å². The molecule has 6 heteroatoms. The second kappa shape index (κ2) is 6.88. The molecule has 0 spiro atoms. The Kier molecular flexibility index (Phi) is 4.81. The van der Waals surface area contributed by atoms with Gasteiger partial charge in [0.05, 0.1) is 16.3 Å². The fourth-order valence-electron chi connectivity index (χ4n) is 2.93. The quantitative estimate of drug-likeness (QED) is 0.885. The zero-order chi connectivity index (χ0) is 18.0. The highest BCUT2D eigenvalue weighted by Gasteiger charge is 2.25. The smallest absolute Gasteiger partial charge is 0.261 e. The number of carbonyl (C=O) groups is 1. The van der Waals surface area contributed by atoms with Gasteiger partial charge in [0.2, 0.25) is 5.91 Å². The average molecular weight is 358 g/mol. The molecule has 1 saturated heterocycles. The van der Waals surface area contributed by atoms with Gasteiger partial charge in [-0.3, -0.25) is 9.52 Å². The molecule has 1 heterocycles. The maximum absolute atomic E-state index is 12.7. The van der Waals surface area contributed by atoms with Crippen molar-refractivity contribution in [2.24, 2.45) is 0 Å². The molecule has 1 N–H and O–H groups in total. The van der Waals surface area contributed by atoms with Gasteiger partial charge >= 0.3 is 0 Å². The first kappa shape index (κ1) is 17.5. The van der Waals surface area contributed by atoms with Crippen molar-refractivity contribution in [3.63, 3.8) is 0 Å². The molecule has 0 radical (unpaired) electrons. The van der Waals surface area contributed by atoms with Gasteiger partial charge in [-0.1, -0.05) is 38.1 Å². The number of rotatable bonds is 5. The van der Waals surface area contributed by atoms with Crippen LogP contribution in [0.5, 0.6) is 0 Å². The van der Waals surface area contributed by atoms with Crippen LogP contribution in [0.25, 0.3) is 0 Å². The lowest BCUT2D eigenvalue weighted by molar-refractivity contribution is -0.117. The molecule has 25 heavy (non-hydrogen) atoms. The molecule has 0 aliphatic carbocycles. The number of anilines is 2. The molecule has 1 fully saturated rings. The first-order chi connectivity index (χ1) is 11.9. The van der Waals surface area contributed by atoms with E-state index in [-0.39, 0.29) is 10.8 Å². The zero-order valence-corrected chi connectivity index (χ0v) is 15.2. The Morgan fingerprint density at radius 2 is 1.72 bits per heavy atom. The number of benzene rings is 2. The van der Waals surface area contributed by atoms with Gasteiger partial charge < -0.3 is 4.90 Å². The van der Waals surface area contributed by atoms with E-state index in [1.807, 2.05) is 12.1 Å². The van der Waals surface area contributed by atoms with Crippen molar-refractivity contribution in [1.29, 1.82) is 0 Å². The number of para-hydroxylation sites is 2. The average Bonchev–Trinajstić information content (AvgIpc) is 3.01. The lowest BCUT2D eigenvalue weighted by atomic mass is 10.0. The van der Waals surface area contributed by atoms with Crippen molar-refractivity contribution in [2.45, 2.75) is 37.5 Å². The Hall–Kier alpha value is -2.34. The molecule has 1 amide bonds. The summed E-state index contributed by atoms with van der Waals surface area (Å²) >= 11 is 0. The third-order valence-electron chi connectivity index (χ3n) is 4.37. The van der Waals surface area contributed by atoms with Crippen LogP contribution in [0.1, 0.15) is 38.2 Å². The van der Waals surface area contributed by atoms with Crippen LogP contribution in [-0.2, 0) is 14.8 Å². The summed E-state index contributed by atoms with van der Waals surface area (Å²) in [7, 11) is -3.71. The van der Waals surface area contributed by atoms with Gasteiger partial charge in [-0.05, 0) is 42.2 Å². The van der Waals surface area contributed by atoms with Crippen LogP contribution < -0.4 is 9.62 Å². The van der Waals surface area contributed by atoms with Crippen LogP contribution in [0, 0.1) is 0 Å². The Bertz CT molecular complexity index is 874. The summed E-state index contributed by atoms with van der Waals surface area (Å²) in [5.74, 6) is 0.361. The largest absolute Gasteiger partial charge is 0.310 e. The van der Waals surface area contributed by atoms with E-state index < -0.39 is 10.0 Å². The van der Waals surface area contributed by atoms with Crippen LogP contribution in [-0.4, -0.2) is 20.9 Å². The molecule has 0 unspecified atom stereocenters. The number of nitrogens with zero attached hydrogens (tertiary/aromatic N) is 1. The number of sulfonamides is 1. The molecule has 0 saturated carbocycles. The summed E-state index contributed by atoms with van der Waals surface area (Å²) in [6.45, 7) is 4.73. The van der Waals surface area contributed by atoms with Gasteiger partial charge in [-0.15, -0.1) is 0 Å². The van der Waals surface area contributed by atoms with E-state index in [1.165, 1.54) is 0 Å². The van der Waals surface area contributed by atoms with Crippen LogP contribution in [0.3, 0.4) is 0 Å². The molecular weight excluding hydrogens is 336 g/mol. The topological polar surface area (TPSA) is 66.5 Å². The molecule has 132 valence electrons. The van der Waals surface area contributed by atoms with E-state index in [9.17, 15) is 13.2 Å². The molecule has 5 nitrogen and oxygen atoms in total. The summed E-state index contributed by atoms with van der Waals surface area (Å²) in [5, 5.41) is 0. The molecular formula is C19H22N2O3S. The Morgan fingerprint density at radius 3 is 2.32 bits per heavy atom. The summed E-state index contributed by atoms with van der Waals surface area (Å²) in [6.07, 6.45) is 1.29. The summed E-state index contributed by atoms with van der Waals surface area (Å²) < 4.78 is 28.1. The first-order valence-corrected chi connectivity index (χ1v) is 9.89. The van der Waals surface area contributed by atoms with E-state index in [0.717, 1.165) is 12.0 Å². The molecule has 2 aromatic rings. The van der Waals surface area contributed by atoms with E-state index in [0.29, 0.717) is 30.3 Å². The van der Waals surface area contributed by atoms with E-state index in [1.54, 1.807) is 41.3 Å². The van der Waals surface area contributed by atoms with Gasteiger partial charge in [0.15, 0.2) is 0 Å². The van der Waals surface area contributed by atoms with Gasteiger partial charge in [0, 0.05) is 13.0 Å². The van der Waals surface area contributed by atoms with Gasteiger partial charge in [-0.2, -0.15) is 0 Å². The van der Waals surface area contributed by atoms with Crippen molar-refractivity contribution >= 4 is 27.3 Å². The predicted molar refractivity (Wildman–Crippen MR) is 99.4 cm³/mol. The first-order valence-electron chi connectivity index (χ1n) is 8.40. The minimum absolute atomic E-state index is 0.0212. The van der Waals surface area contributed by atoms with E-state index in [4.69, 9.17) is 0 Å². The number of hydrogen-bond donors (Lipinski definition) is 1. The lowest BCUT2D eigenvalue weighted by Gasteiger charge is -2.20. The monoisotopic (exact) mass is 358 g/mol. The van der Waals surface area contributed by atoms with Gasteiger partial charge in [0.1, 0.15) is 0 Å². The molecule has 0 bridgehead atoms. The highest BCUT2D eigenvalue weighted by molar-refractivity contribution is 7.92. The van der Waals surface area contributed by atoms with Crippen LogP contribution in [0.15, 0.2) is 53.4 Å². The molecule has 2 aromatic carbocycles. The Balaban J connectivity index is 1.90. The van der Waals surface area contributed by atoms with Gasteiger partial charge in [0.25, 0.3) is 10.0 Å². The van der Waals surface area contributed by atoms with Crippen molar-refractivity contribution < 1.29 is 13.2 Å². The third-order valence-corrected chi connectivity index (χ3v) is 5.75. The molecule has 0 atom stereocenters. The van der Waals surface area contributed by atoms with Crippen LogP contribution in [0.2, 0.25) is 0 Å². The van der Waals surface area contributed by atoms with Crippen molar-refractivity contribution in [1.82, 2.24) is 0 Å². The fourth-order valence-corrected chi connectivity index (χ4v) is 4.01. The van der Waals surface area contributed by atoms with Crippen molar-refractivity contribution in [2.75, 3.05) is 16.2 Å². The van der Waals surface area contributed by atoms with Gasteiger partial charge in [-0.25, -0.2) is 8.42 Å². The fraction of sp³-hybridized carbons (Fsp3) is 0.316. The third kappa shape index (κ3) is 3.69. The van der Waals surface area contributed by atoms with Crippen LogP contribution >= 0.6 is 0 Å². The maximum atomic E-state index is 12.7. The number of nitrogens with one attached hydrogen (secondary N) is 1. The number of hydrogen-bond acceptors (Lipinski definition) is 3. The normalized spacial score (nSPS) is 15.0. The van der Waals surface area contributed by atoms with E-state index in [2.05, 4.69) is 18.6 Å².